The van der Waals surface area contributed by atoms with Crippen LogP contribution in [0.5, 0.6) is 17.2 Å². The van der Waals surface area contributed by atoms with Gasteiger partial charge in [-0.25, -0.2) is 9.78 Å². The van der Waals surface area contributed by atoms with Gasteiger partial charge in [-0.05, 0) is 60.2 Å². The number of ketones is 1. The minimum atomic E-state index is -1.20. The first-order valence-corrected chi connectivity index (χ1v) is 10.4. The molecule has 0 aliphatic carbocycles. The number of pyridine rings is 1. The van der Waals surface area contributed by atoms with E-state index in [1.54, 1.807) is 42.5 Å². The van der Waals surface area contributed by atoms with Gasteiger partial charge in [-0.2, -0.15) is 0 Å². The Balaban J connectivity index is 1.49. The normalized spacial score (nSPS) is 10.5. The van der Waals surface area contributed by atoms with E-state index in [1.807, 2.05) is 18.2 Å². The van der Waals surface area contributed by atoms with E-state index in [4.69, 9.17) is 21.1 Å². The maximum absolute atomic E-state index is 12.9. The second-order valence-corrected chi connectivity index (χ2v) is 7.49. The van der Waals surface area contributed by atoms with Gasteiger partial charge in [0.2, 0.25) is 5.78 Å². The number of halogens is 1. The lowest BCUT2D eigenvalue weighted by Crippen LogP contribution is -2.07. The molecule has 0 saturated carbocycles. The summed E-state index contributed by atoms with van der Waals surface area (Å²) >= 11 is 5.97. The third-order valence-electron chi connectivity index (χ3n) is 4.71. The fourth-order valence-electron chi connectivity index (χ4n) is 3.08. The van der Waals surface area contributed by atoms with Gasteiger partial charge in [0.15, 0.2) is 0 Å². The number of carboxylic acid groups (broad SMARTS) is 1. The maximum atomic E-state index is 12.9. The number of hydrogen-bond donors (Lipinski definition) is 1. The number of aromatic carboxylic acids is 1. The Kier molecular flexibility index (Phi) is 6.66. The molecule has 0 aliphatic heterocycles. The van der Waals surface area contributed by atoms with Gasteiger partial charge in [0.1, 0.15) is 35.1 Å². The van der Waals surface area contributed by atoms with Crippen molar-refractivity contribution in [3.63, 3.8) is 0 Å². The summed E-state index contributed by atoms with van der Waals surface area (Å²) in [5.74, 6) is -0.486. The zero-order valence-corrected chi connectivity index (χ0v) is 18.0. The van der Waals surface area contributed by atoms with E-state index in [9.17, 15) is 14.7 Å². The van der Waals surface area contributed by atoms with E-state index in [2.05, 4.69) is 4.98 Å². The van der Waals surface area contributed by atoms with Crippen molar-refractivity contribution in [1.29, 1.82) is 0 Å². The van der Waals surface area contributed by atoms with E-state index in [1.165, 1.54) is 30.5 Å². The second-order valence-electron chi connectivity index (χ2n) is 7.06. The molecule has 7 heteroatoms. The molecule has 3 aromatic carbocycles. The maximum Gasteiger partial charge on any atom is 0.339 e. The Morgan fingerprint density at radius 2 is 1.70 bits per heavy atom. The Morgan fingerprint density at radius 1 is 0.879 bits per heavy atom. The molecule has 33 heavy (non-hydrogen) atoms. The Hall–Kier alpha value is -4.16. The number of hydrogen-bond acceptors (Lipinski definition) is 5. The number of para-hydroxylation sites is 1. The highest BCUT2D eigenvalue weighted by Crippen LogP contribution is 2.27. The molecule has 0 radical (unpaired) electrons. The van der Waals surface area contributed by atoms with E-state index in [0.717, 1.165) is 5.56 Å². The van der Waals surface area contributed by atoms with Crippen molar-refractivity contribution in [3.8, 4) is 17.2 Å². The average molecular weight is 460 g/mol. The van der Waals surface area contributed by atoms with Crippen LogP contribution >= 0.6 is 11.6 Å². The van der Waals surface area contributed by atoms with Crippen LogP contribution in [0.25, 0.3) is 0 Å². The Bertz CT molecular complexity index is 1290. The number of aromatic nitrogens is 1. The summed E-state index contributed by atoms with van der Waals surface area (Å²) in [6.07, 6.45) is 1.45. The Labute approximate surface area is 195 Å². The van der Waals surface area contributed by atoms with Crippen LogP contribution in [0, 0.1) is 0 Å². The lowest BCUT2D eigenvalue weighted by atomic mass is 10.0. The van der Waals surface area contributed by atoms with Gasteiger partial charge in [0.05, 0.1) is 6.20 Å². The summed E-state index contributed by atoms with van der Waals surface area (Å²) < 4.78 is 11.3. The molecule has 6 nitrogen and oxygen atoms in total. The zero-order chi connectivity index (χ0) is 23.2. The number of carbonyl (C=O) groups is 2. The molecule has 0 spiro atoms. The summed E-state index contributed by atoms with van der Waals surface area (Å²) in [5.41, 5.74) is 1.14. The van der Waals surface area contributed by atoms with Crippen LogP contribution in [0.3, 0.4) is 0 Å². The predicted molar refractivity (Wildman–Crippen MR) is 123 cm³/mol. The van der Waals surface area contributed by atoms with E-state index in [0.29, 0.717) is 23.1 Å². The number of nitrogens with zero attached hydrogens (tertiary/aromatic N) is 1. The lowest BCUT2D eigenvalue weighted by molar-refractivity contribution is 0.0694. The summed E-state index contributed by atoms with van der Waals surface area (Å²) in [7, 11) is 0. The minimum absolute atomic E-state index is 0.119. The van der Waals surface area contributed by atoms with E-state index < -0.39 is 11.8 Å². The van der Waals surface area contributed by atoms with Gasteiger partial charge in [0, 0.05) is 10.6 Å². The van der Waals surface area contributed by atoms with Crippen LogP contribution in [0.1, 0.15) is 32.0 Å². The minimum Gasteiger partial charge on any atom is -0.487 e. The second kappa shape index (κ2) is 9.97. The third-order valence-corrected chi connectivity index (χ3v) is 4.94. The summed E-state index contributed by atoms with van der Waals surface area (Å²) in [6.45, 7) is 0.306. The standard InChI is InChI=1S/C26H18ClNO5/c27-19-6-4-5-17(13-19)16-32-21-10-11-23(28-15-21)25(29)18-9-12-24(22(14-18)26(30)31)33-20-7-2-1-3-8-20/h1-15H,16H2,(H,30,31). The van der Waals surface area contributed by atoms with Gasteiger partial charge in [-0.1, -0.05) is 41.9 Å². The van der Waals surface area contributed by atoms with Crippen LogP contribution in [0.2, 0.25) is 5.02 Å². The zero-order valence-electron chi connectivity index (χ0n) is 17.3. The number of carbonyl (C=O) groups excluding carboxylic acids is 1. The SMILES string of the molecule is O=C(c1ccc(Oc2ccccc2)c(C(=O)O)c1)c1ccc(OCc2cccc(Cl)c2)cn1. The highest BCUT2D eigenvalue weighted by molar-refractivity contribution is 6.30. The fraction of sp³-hybridized carbons (Fsp3) is 0.0385. The molecule has 4 rings (SSSR count). The first kappa shape index (κ1) is 22.0. The molecule has 4 aromatic rings. The van der Waals surface area contributed by atoms with Crippen molar-refractivity contribution in [2.45, 2.75) is 6.61 Å². The van der Waals surface area contributed by atoms with Gasteiger partial charge in [-0.3, -0.25) is 4.79 Å². The third kappa shape index (κ3) is 5.56. The van der Waals surface area contributed by atoms with Crippen LogP contribution in [-0.2, 0) is 6.61 Å². The van der Waals surface area contributed by atoms with Crippen molar-refractivity contribution in [3.05, 3.63) is 119 Å². The van der Waals surface area contributed by atoms with Gasteiger partial charge < -0.3 is 14.6 Å². The summed E-state index contributed by atoms with van der Waals surface area (Å²) in [6, 6.07) is 23.6. The average Bonchev–Trinajstić information content (AvgIpc) is 2.83. The molecular formula is C26H18ClNO5. The molecule has 0 amide bonds. The monoisotopic (exact) mass is 459 g/mol. The number of ether oxygens (including phenoxy) is 2. The number of carboxylic acids is 1. The topological polar surface area (TPSA) is 85.7 Å². The van der Waals surface area contributed by atoms with Gasteiger partial charge >= 0.3 is 5.97 Å². The van der Waals surface area contributed by atoms with Crippen LogP contribution in [0.4, 0.5) is 0 Å². The number of benzene rings is 3. The summed E-state index contributed by atoms with van der Waals surface area (Å²) in [5, 5.41) is 10.2. The largest absolute Gasteiger partial charge is 0.487 e. The van der Waals surface area contributed by atoms with Crippen LogP contribution in [-0.4, -0.2) is 21.8 Å². The molecule has 0 atom stereocenters. The Morgan fingerprint density at radius 3 is 2.39 bits per heavy atom. The van der Waals surface area contributed by atoms with Gasteiger partial charge in [-0.15, -0.1) is 0 Å². The van der Waals surface area contributed by atoms with Crippen LogP contribution in [0.15, 0.2) is 91.1 Å². The van der Waals surface area contributed by atoms with Crippen molar-refractivity contribution in [2.75, 3.05) is 0 Å². The van der Waals surface area contributed by atoms with Gasteiger partial charge in [0.25, 0.3) is 0 Å². The number of rotatable bonds is 8. The van der Waals surface area contributed by atoms with Crippen molar-refractivity contribution in [2.24, 2.45) is 0 Å². The molecule has 0 saturated heterocycles. The summed E-state index contributed by atoms with van der Waals surface area (Å²) in [4.78, 5) is 28.8. The smallest absolute Gasteiger partial charge is 0.339 e. The van der Waals surface area contributed by atoms with Crippen molar-refractivity contribution < 1.29 is 24.2 Å². The van der Waals surface area contributed by atoms with Crippen LogP contribution < -0.4 is 9.47 Å². The molecular weight excluding hydrogens is 442 g/mol. The first-order valence-electron chi connectivity index (χ1n) is 9.98. The highest BCUT2D eigenvalue weighted by atomic mass is 35.5. The quantitative estimate of drug-likeness (QED) is 0.323. The van der Waals surface area contributed by atoms with Crippen molar-refractivity contribution in [1.82, 2.24) is 4.98 Å². The predicted octanol–water partition coefficient (Wildman–Crippen LogP) is 6.04. The molecule has 1 heterocycles. The molecule has 0 aliphatic rings. The molecule has 1 aromatic heterocycles. The molecule has 1 N–H and O–H groups in total. The highest BCUT2D eigenvalue weighted by Gasteiger charge is 2.18. The fourth-order valence-corrected chi connectivity index (χ4v) is 3.30. The molecule has 0 unspecified atom stereocenters. The molecule has 0 fully saturated rings. The van der Waals surface area contributed by atoms with E-state index >= 15 is 0 Å². The van der Waals surface area contributed by atoms with Crippen molar-refractivity contribution >= 4 is 23.4 Å². The lowest BCUT2D eigenvalue weighted by Gasteiger charge is -2.10. The van der Waals surface area contributed by atoms with E-state index in [-0.39, 0.29) is 22.6 Å². The first-order chi connectivity index (χ1) is 16.0. The molecule has 0 bridgehead atoms. The molecule has 164 valence electrons.